The number of hydrogen-bond donors (Lipinski definition) is 2. The summed E-state index contributed by atoms with van der Waals surface area (Å²) >= 11 is 0. The van der Waals surface area contributed by atoms with Crippen molar-refractivity contribution in [3.05, 3.63) is 40.9 Å². The van der Waals surface area contributed by atoms with E-state index in [1.165, 1.54) is 0 Å². The Morgan fingerprint density at radius 2 is 1.64 bits per heavy atom. The van der Waals surface area contributed by atoms with E-state index in [1.807, 2.05) is 31.3 Å². The number of likely N-dealkylation sites (N-methyl/N-ethyl adjacent to an activating group) is 2. The largest absolute Gasteiger partial charge is 0.491 e. The van der Waals surface area contributed by atoms with Crippen LogP contribution < -0.4 is 10.6 Å². The smallest absolute Gasteiger partial charge is 0.400 e. The monoisotopic (exact) mass is 344 g/mol. The molecule has 136 valence electrons. The van der Waals surface area contributed by atoms with E-state index in [0.29, 0.717) is 13.0 Å². The molecule has 5 nitrogen and oxygen atoms in total. The molecule has 1 heterocycles. The van der Waals surface area contributed by atoms with Gasteiger partial charge in [-0.3, -0.25) is 4.79 Å². The van der Waals surface area contributed by atoms with Crippen molar-refractivity contribution in [2.24, 2.45) is 0 Å². The minimum atomic E-state index is -0.372. The van der Waals surface area contributed by atoms with Crippen molar-refractivity contribution in [3.8, 4) is 0 Å². The summed E-state index contributed by atoms with van der Waals surface area (Å²) in [6, 6.07) is 7.98. The Kier molecular flexibility index (Phi) is 6.09. The average molecular weight is 344 g/mol. The lowest BCUT2D eigenvalue weighted by atomic mass is 9.77. The van der Waals surface area contributed by atoms with Gasteiger partial charge in [-0.1, -0.05) is 30.3 Å². The number of carbonyl (C=O) groups excluding carboxylic acids is 1. The molecule has 0 unspecified atom stereocenters. The molecule has 1 saturated heterocycles. The highest BCUT2D eigenvalue weighted by atomic mass is 16.7. The summed E-state index contributed by atoms with van der Waals surface area (Å²) in [5.41, 5.74) is 2.37. The van der Waals surface area contributed by atoms with Gasteiger partial charge in [0.15, 0.2) is 0 Å². The summed E-state index contributed by atoms with van der Waals surface area (Å²) in [6.45, 7) is 8.89. The molecule has 1 aromatic carbocycles. The predicted octanol–water partition coefficient (Wildman–Crippen LogP) is 2.21. The van der Waals surface area contributed by atoms with Crippen LogP contribution >= 0.6 is 0 Å². The van der Waals surface area contributed by atoms with Gasteiger partial charge in [0.1, 0.15) is 0 Å². The first-order valence-corrected chi connectivity index (χ1v) is 8.69. The van der Waals surface area contributed by atoms with E-state index in [2.05, 4.69) is 44.4 Å². The second-order valence-corrected chi connectivity index (χ2v) is 7.43. The molecule has 0 atom stereocenters. The molecule has 0 bridgehead atoms. The number of benzene rings is 1. The van der Waals surface area contributed by atoms with Gasteiger partial charge in [-0.15, -0.1) is 0 Å². The molecule has 1 aliphatic heterocycles. The molecule has 1 amide bonds. The molecule has 25 heavy (non-hydrogen) atoms. The normalized spacial score (nSPS) is 19.1. The molecule has 2 rings (SSSR count). The Bertz CT molecular complexity index is 623. The van der Waals surface area contributed by atoms with Crippen molar-refractivity contribution >= 4 is 19.1 Å². The van der Waals surface area contributed by atoms with E-state index in [4.69, 9.17) is 9.31 Å². The maximum Gasteiger partial charge on any atom is 0.491 e. The molecule has 6 heteroatoms. The molecular formula is C19H29BN2O3. The average Bonchev–Trinajstić information content (AvgIpc) is 2.76. The molecule has 2 N–H and O–H groups in total. The summed E-state index contributed by atoms with van der Waals surface area (Å²) in [5, 5.41) is 5.82. The van der Waals surface area contributed by atoms with Crippen LogP contribution in [-0.4, -0.2) is 44.9 Å². The van der Waals surface area contributed by atoms with Gasteiger partial charge >= 0.3 is 7.12 Å². The third kappa shape index (κ3) is 4.72. The molecule has 0 aromatic heterocycles. The van der Waals surface area contributed by atoms with E-state index in [0.717, 1.165) is 16.6 Å². The van der Waals surface area contributed by atoms with E-state index in [9.17, 15) is 4.79 Å². The minimum absolute atomic E-state index is 0.0105. The van der Waals surface area contributed by atoms with Gasteiger partial charge in [-0.2, -0.15) is 0 Å². The first kappa shape index (κ1) is 19.7. The zero-order valence-electron chi connectivity index (χ0n) is 16.1. The van der Waals surface area contributed by atoms with Crippen molar-refractivity contribution in [2.45, 2.75) is 45.3 Å². The fourth-order valence-corrected chi connectivity index (χ4v) is 2.62. The van der Waals surface area contributed by atoms with E-state index < -0.39 is 0 Å². The van der Waals surface area contributed by atoms with Gasteiger partial charge in [0.25, 0.3) is 0 Å². The standard InChI is InChI=1S/C19H29BN2O3/c1-18(2)19(3,4)25-20(24-18)16(13-21-5)11-14-7-9-15(10-8-14)12-17(23)22-6/h7-11,21H,12-13H2,1-6H3,(H,22,23). The predicted molar refractivity (Wildman–Crippen MR) is 102 cm³/mol. The van der Waals surface area contributed by atoms with E-state index >= 15 is 0 Å². The first-order chi connectivity index (χ1) is 11.7. The Morgan fingerprint density at radius 3 is 2.12 bits per heavy atom. The van der Waals surface area contributed by atoms with Gasteiger partial charge in [-0.05, 0) is 51.3 Å². The first-order valence-electron chi connectivity index (χ1n) is 8.69. The van der Waals surface area contributed by atoms with Crippen LogP contribution in [0, 0.1) is 0 Å². The maximum absolute atomic E-state index is 11.5. The summed E-state index contributed by atoms with van der Waals surface area (Å²) in [7, 11) is 3.18. The Morgan fingerprint density at radius 1 is 1.08 bits per heavy atom. The topological polar surface area (TPSA) is 59.6 Å². The van der Waals surface area contributed by atoms with Gasteiger partial charge in [0.05, 0.1) is 17.6 Å². The van der Waals surface area contributed by atoms with Crippen molar-refractivity contribution in [1.29, 1.82) is 0 Å². The highest BCUT2D eigenvalue weighted by molar-refractivity contribution is 6.55. The fourth-order valence-electron chi connectivity index (χ4n) is 2.62. The van der Waals surface area contributed by atoms with Crippen molar-refractivity contribution < 1.29 is 14.1 Å². The zero-order valence-corrected chi connectivity index (χ0v) is 16.1. The molecule has 0 aliphatic carbocycles. The highest BCUT2D eigenvalue weighted by Crippen LogP contribution is 2.38. The van der Waals surface area contributed by atoms with Crippen molar-refractivity contribution in [1.82, 2.24) is 10.6 Å². The number of amides is 1. The van der Waals surface area contributed by atoms with Crippen LogP contribution in [0.2, 0.25) is 0 Å². The van der Waals surface area contributed by atoms with Crippen molar-refractivity contribution in [3.63, 3.8) is 0 Å². The van der Waals surface area contributed by atoms with Crippen LogP contribution in [0.5, 0.6) is 0 Å². The number of hydrogen-bond acceptors (Lipinski definition) is 4. The van der Waals surface area contributed by atoms with Gasteiger partial charge in [0, 0.05) is 13.6 Å². The van der Waals surface area contributed by atoms with Gasteiger partial charge in [-0.25, -0.2) is 0 Å². The third-order valence-electron chi connectivity index (χ3n) is 4.91. The summed E-state index contributed by atoms with van der Waals surface area (Å²) in [6.07, 6.45) is 2.48. The number of carbonyl (C=O) groups is 1. The second-order valence-electron chi connectivity index (χ2n) is 7.43. The highest BCUT2D eigenvalue weighted by Gasteiger charge is 2.52. The van der Waals surface area contributed by atoms with Crippen molar-refractivity contribution in [2.75, 3.05) is 20.6 Å². The Hall–Kier alpha value is -1.63. The second kappa shape index (κ2) is 7.73. The van der Waals surface area contributed by atoms with Crippen LogP contribution in [0.4, 0.5) is 0 Å². The molecule has 1 aliphatic rings. The summed E-state index contributed by atoms with van der Waals surface area (Å²) in [5.74, 6) is 0.0105. The van der Waals surface area contributed by atoms with Gasteiger partial charge in [0.2, 0.25) is 5.91 Å². The quantitative estimate of drug-likeness (QED) is 0.777. The third-order valence-corrected chi connectivity index (χ3v) is 4.91. The summed E-state index contributed by atoms with van der Waals surface area (Å²) < 4.78 is 12.3. The van der Waals surface area contributed by atoms with Gasteiger partial charge < -0.3 is 19.9 Å². The summed E-state index contributed by atoms with van der Waals surface area (Å²) in [4.78, 5) is 11.5. The molecular weight excluding hydrogens is 315 g/mol. The van der Waals surface area contributed by atoms with E-state index in [1.54, 1.807) is 7.05 Å². The van der Waals surface area contributed by atoms with Crippen LogP contribution in [0.25, 0.3) is 6.08 Å². The van der Waals surface area contributed by atoms with Crippen LogP contribution in [0.1, 0.15) is 38.8 Å². The molecule has 1 fully saturated rings. The molecule has 0 spiro atoms. The zero-order chi connectivity index (χ0) is 18.7. The SMILES string of the molecule is CNCC(=Cc1ccc(CC(=O)NC)cc1)B1OC(C)(C)C(C)(C)O1. The van der Waals surface area contributed by atoms with E-state index in [-0.39, 0.29) is 24.2 Å². The lowest BCUT2D eigenvalue weighted by molar-refractivity contribution is -0.119. The minimum Gasteiger partial charge on any atom is -0.400 e. The Balaban J connectivity index is 2.18. The maximum atomic E-state index is 11.5. The lowest BCUT2D eigenvalue weighted by Crippen LogP contribution is -2.41. The fraction of sp³-hybridized carbons (Fsp3) is 0.526. The molecule has 0 saturated carbocycles. The molecule has 0 radical (unpaired) electrons. The number of nitrogens with one attached hydrogen (secondary N) is 2. The van der Waals surface area contributed by atoms with Crippen LogP contribution in [0.15, 0.2) is 29.7 Å². The Labute approximate surface area is 151 Å². The number of rotatable bonds is 6. The van der Waals surface area contributed by atoms with Crippen LogP contribution in [0.3, 0.4) is 0 Å². The van der Waals surface area contributed by atoms with Crippen LogP contribution in [-0.2, 0) is 20.5 Å². The lowest BCUT2D eigenvalue weighted by Gasteiger charge is -2.32. The molecule has 1 aromatic rings.